The molecule has 0 aliphatic rings. The molecule has 0 bridgehead atoms. The predicted octanol–water partition coefficient (Wildman–Crippen LogP) is 2.75. The fraction of sp³-hybridized carbons (Fsp3) is 0.350. The second-order valence-electron chi connectivity index (χ2n) is 6.48. The lowest BCUT2D eigenvalue weighted by Crippen LogP contribution is -2.27. The summed E-state index contributed by atoms with van der Waals surface area (Å²) in [5.41, 5.74) is 1.89. The maximum Gasteiger partial charge on any atom is 0.262 e. The van der Waals surface area contributed by atoms with Gasteiger partial charge in [0.05, 0.1) is 11.5 Å². The lowest BCUT2D eigenvalue weighted by Gasteiger charge is -2.10. The van der Waals surface area contributed by atoms with Crippen molar-refractivity contribution in [3.05, 3.63) is 54.1 Å². The van der Waals surface area contributed by atoms with Crippen molar-refractivity contribution in [1.82, 2.24) is 4.72 Å². The zero-order valence-electron chi connectivity index (χ0n) is 16.3. The van der Waals surface area contributed by atoms with Gasteiger partial charge < -0.3 is 14.8 Å². The highest BCUT2D eigenvalue weighted by molar-refractivity contribution is 7.89. The minimum atomic E-state index is -3.60. The van der Waals surface area contributed by atoms with E-state index in [-0.39, 0.29) is 30.6 Å². The van der Waals surface area contributed by atoms with Crippen LogP contribution in [-0.2, 0) is 19.6 Å². The Morgan fingerprint density at radius 1 is 1.04 bits per heavy atom. The molecule has 7 nitrogen and oxygen atoms in total. The quantitative estimate of drug-likeness (QED) is 0.592. The number of ether oxygens (including phenoxy) is 2. The van der Waals surface area contributed by atoms with Crippen LogP contribution in [-0.4, -0.2) is 41.2 Å². The Morgan fingerprint density at radius 3 is 2.25 bits per heavy atom. The van der Waals surface area contributed by atoms with Gasteiger partial charge in [-0.25, -0.2) is 13.1 Å². The van der Waals surface area contributed by atoms with E-state index in [9.17, 15) is 13.2 Å². The molecule has 0 atom stereocenters. The van der Waals surface area contributed by atoms with E-state index in [2.05, 4.69) is 23.9 Å². The van der Waals surface area contributed by atoms with Gasteiger partial charge in [-0.15, -0.1) is 0 Å². The average Bonchev–Trinajstić information content (AvgIpc) is 2.67. The van der Waals surface area contributed by atoms with Crippen LogP contribution in [0.2, 0.25) is 0 Å². The van der Waals surface area contributed by atoms with E-state index >= 15 is 0 Å². The summed E-state index contributed by atoms with van der Waals surface area (Å²) in [5.74, 6) is 0.534. The number of sulfonamides is 1. The number of amides is 1. The normalized spacial score (nSPS) is 11.4. The van der Waals surface area contributed by atoms with Gasteiger partial charge in [0.15, 0.2) is 6.61 Å². The Balaban J connectivity index is 1.86. The van der Waals surface area contributed by atoms with Gasteiger partial charge in [0.1, 0.15) is 5.75 Å². The van der Waals surface area contributed by atoms with Gasteiger partial charge in [-0.3, -0.25) is 4.79 Å². The average molecular weight is 407 g/mol. The van der Waals surface area contributed by atoms with Crippen LogP contribution in [0.5, 0.6) is 5.75 Å². The Labute approximate surface area is 166 Å². The first kappa shape index (κ1) is 21.9. The van der Waals surface area contributed by atoms with Gasteiger partial charge >= 0.3 is 0 Å². The first-order valence-electron chi connectivity index (χ1n) is 8.93. The van der Waals surface area contributed by atoms with Crippen LogP contribution in [0, 0.1) is 0 Å². The molecule has 0 saturated carbocycles. The number of rotatable bonds is 10. The molecule has 2 N–H and O–H groups in total. The Morgan fingerprint density at radius 2 is 1.68 bits per heavy atom. The number of nitrogens with one attached hydrogen (secondary N) is 2. The van der Waals surface area contributed by atoms with Crippen LogP contribution in [0.15, 0.2) is 53.4 Å². The number of carbonyl (C=O) groups is 1. The van der Waals surface area contributed by atoms with Crippen molar-refractivity contribution < 1.29 is 22.7 Å². The standard InChI is InChI=1S/C20H26N2O5S/c1-15(2)16-4-6-17(7-5-16)22-20(23)14-27-18-8-10-19(11-9-18)28(24,25)21-12-13-26-3/h4-11,15,21H,12-14H2,1-3H3,(H,22,23). The molecule has 8 heteroatoms. The highest BCUT2D eigenvalue weighted by Gasteiger charge is 2.13. The number of anilines is 1. The van der Waals surface area contributed by atoms with Crippen molar-refractivity contribution in [2.45, 2.75) is 24.7 Å². The zero-order valence-corrected chi connectivity index (χ0v) is 17.1. The Bertz CT molecular complexity index is 862. The lowest BCUT2D eigenvalue weighted by atomic mass is 10.0. The van der Waals surface area contributed by atoms with Gasteiger partial charge in [-0.2, -0.15) is 0 Å². The minimum absolute atomic E-state index is 0.116. The van der Waals surface area contributed by atoms with Crippen LogP contribution < -0.4 is 14.8 Å². The molecular weight excluding hydrogens is 380 g/mol. The summed E-state index contributed by atoms with van der Waals surface area (Å²) in [5, 5.41) is 2.76. The molecule has 1 amide bonds. The summed E-state index contributed by atoms with van der Waals surface area (Å²) < 4.78 is 36.8. The van der Waals surface area contributed by atoms with Crippen LogP contribution >= 0.6 is 0 Å². The van der Waals surface area contributed by atoms with Crippen molar-refractivity contribution in [3.8, 4) is 5.75 Å². The molecule has 2 rings (SSSR count). The maximum atomic E-state index is 12.1. The van der Waals surface area contributed by atoms with Crippen LogP contribution in [0.4, 0.5) is 5.69 Å². The third-order valence-corrected chi connectivity index (χ3v) is 5.44. The topological polar surface area (TPSA) is 93.7 Å². The molecular formula is C20H26N2O5S. The van der Waals surface area contributed by atoms with Crippen molar-refractivity contribution in [2.75, 3.05) is 32.2 Å². The molecule has 28 heavy (non-hydrogen) atoms. The lowest BCUT2D eigenvalue weighted by molar-refractivity contribution is -0.118. The molecule has 0 aliphatic heterocycles. The molecule has 0 unspecified atom stereocenters. The molecule has 0 radical (unpaired) electrons. The molecule has 0 saturated heterocycles. The van der Waals surface area contributed by atoms with Crippen LogP contribution in [0.1, 0.15) is 25.3 Å². The third kappa shape index (κ3) is 6.63. The fourth-order valence-electron chi connectivity index (χ4n) is 2.37. The van der Waals surface area contributed by atoms with Crippen molar-refractivity contribution in [2.24, 2.45) is 0 Å². The molecule has 2 aromatic rings. The SMILES string of the molecule is COCCNS(=O)(=O)c1ccc(OCC(=O)Nc2ccc(C(C)C)cc2)cc1. The van der Waals surface area contributed by atoms with E-state index in [1.807, 2.05) is 24.3 Å². The Kier molecular flexibility index (Phi) is 7.98. The predicted molar refractivity (Wildman–Crippen MR) is 108 cm³/mol. The summed E-state index contributed by atoms with van der Waals surface area (Å²) in [6, 6.07) is 13.5. The van der Waals surface area contributed by atoms with E-state index in [1.54, 1.807) is 0 Å². The van der Waals surface area contributed by atoms with Gasteiger partial charge in [-0.05, 0) is 47.9 Å². The van der Waals surface area contributed by atoms with Crippen LogP contribution in [0.25, 0.3) is 0 Å². The first-order valence-corrected chi connectivity index (χ1v) is 10.4. The second kappa shape index (κ2) is 10.2. The molecule has 0 fully saturated rings. The summed E-state index contributed by atoms with van der Waals surface area (Å²) in [7, 11) is -2.10. The van der Waals surface area contributed by atoms with E-state index in [0.29, 0.717) is 17.4 Å². The summed E-state index contributed by atoms with van der Waals surface area (Å²) >= 11 is 0. The monoisotopic (exact) mass is 406 g/mol. The second-order valence-corrected chi connectivity index (χ2v) is 8.24. The summed E-state index contributed by atoms with van der Waals surface area (Å²) in [4.78, 5) is 12.1. The van der Waals surface area contributed by atoms with Gasteiger partial charge in [0, 0.05) is 19.3 Å². The number of benzene rings is 2. The Hall–Kier alpha value is -2.42. The number of hydrogen-bond acceptors (Lipinski definition) is 5. The summed E-state index contributed by atoms with van der Waals surface area (Å²) in [6.07, 6.45) is 0. The summed E-state index contributed by atoms with van der Waals surface area (Å²) in [6.45, 7) is 4.51. The molecule has 0 spiro atoms. The maximum absolute atomic E-state index is 12.1. The molecule has 0 heterocycles. The third-order valence-electron chi connectivity index (χ3n) is 3.96. The minimum Gasteiger partial charge on any atom is -0.484 e. The van der Waals surface area contributed by atoms with E-state index < -0.39 is 10.0 Å². The van der Waals surface area contributed by atoms with Gasteiger partial charge in [0.25, 0.3) is 5.91 Å². The number of hydrogen-bond donors (Lipinski definition) is 2. The van der Waals surface area contributed by atoms with Gasteiger partial charge in [0.2, 0.25) is 10.0 Å². The van der Waals surface area contributed by atoms with Crippen LogP contribution in [0.3, 0.4) is 0 Å². The van der Waals surface area contributed by atoms with Crippen molar-refractivity contribution >= 4 is 21.6 Å². The first-order chi connectivity index (χ1) is 13.3. The van der Waals surface area contributed by atoms with E-state index in [1.165, 1.54) is 36.9 Å². The highest BCUT2D eigenvalue weighted by Crippen LogP contribution is 2.18. The zero-order chi connectivity index (χ0) is 20.6. The molecule has 2 aromatic carbocycles. The van der Waals surface area contributed by atoms with Crippen molar-refractivity contribution in [3.63, 3.8) is 0 Å². The number of carbonyl (C=O) groups excluding carboxylic acids is 1. The molecule has 0 aliphatic carbocycles. The van der Waals surface area contributed by atoms with E-state index in [0.717, 1.165) is 0 Å². The molecule has 152 valence electrons. The van der Waals surface area contributed by atoms with Gasteiger partial charge in [-0.1, -0.05) is 26.0 Å². The molecule has 0 aromatic heterocycles. The fourth-order valence-corrected chi connectivity index (χ4v) is 3.39. The highest BCUT2D eigenvalue weighted by atomic mass is 32.2. The van der Waals surface area contributed by atoms with E-state index in [4.69, 9.17) is 9.47 Å². The smallest absolute Gasteiger partial charge is 0.262 e. The van der Waals surface area contributed by atoms with Crippen molar-refractivity contribution in [1.29, 1.82) is 0 Å². The number of methoxy groups -OCH3 is 1. The largest absolute Gasteiger partial charge is 0.484 e.